The van der Waals surface area contributed by atoms with Crippen LogP contribution in [-0.2, 0) is 10.0 Å². The molecule has 3 N–H and O–H groups in total. The number of anilines is 2. The molecule has 0 aliphatic rings. The first-order valence-electron chi connectivity index (χ1n) is 6.48. The Bertz CT molecular complexity index is 758. The number of nitrogens with two attached hydrogens (primary N) is 1. The van der Waals surface area contributed by atoms with Crippen molar-refractivity contribution in [3.05, 3.63) is 53.8 Å². The molecule has 0 aromatic heterocycles. The molecule has 0 unspecified atom stereocenters. The van der Waals surface area contributed by atoms with Gasteiger partial charge < -0.3 is 5.73 Å². The van der Waals surface area contributed by atoms with Crippen LogP contribution < -0.4 is 10.5 Å². The number of rotatable bonds is 4. The highest BCUT2D eigenvalue weighted by Crippen LogP contribution is 2.28. The van der Waals surface area contributed by atoms with E-state index in [0.717, 1.165) is 17.7 Å². The summed E-state index contributed by atoms with van der Waals surface area (Å²) >= 11 is 0. The number of hydrogen-bond acceptors (Lipinski definition) is 3. The molecule has 0 saturated heterocycles. The minimum atomic E-state index is -3.94. The molecule has 0 amide bonds. The van der Waals surface area contributed by atoms with Gasteiger partial charge in [-0.05, 0) is 35.7 Å². The van der Waals surface area contributed by atoms with E-state index in [2.05, 4.69) is 4.72 Å². The first-order valence-corrected chi connectivity index (χ1v) is 7.96. The molecule has 0 radical (unpaired) electrons. The van der Waals surface area contributed by atoms with Gasteiger partial charge in [-0.15, -0.1) is 0 Å². The Morgan fingerprint density at radius 3 is 2.48 bits per heavy atom. The molecule has 2 aromatic rings. The standard InChI is InChI=1S/C15H17FN2O2S/c1-10(2)12-5-3-4-6-14(12)18-21(19,20)15-9-11(16)7-8-13(15)17/h3-10,18H,17H2,1-2H3. The molecule has 21 heavy (non-hydrogen) atoms. The smallest absolute Gasteiger partial charge is 0.264 e. The lowest BCUT2D eigenvalue weighted by molar-refractivity contribution is 0.596. The third-order valence-electron chi connectivity index (χ3n) is 3.09. The summed E-state index contributed by atoms with van der Waals surface area (Å²) in [5.41, 5.74) is 6.97. The predicted molar refractivity (Wildman–Crippen MR) is 82.2 cm³/mol. The Hall–Kier alpha value is -2.08. The normalized spacial score (nSPS) is 11.6. The maximum atomic E-state index is 13.3. The van der Waals surface area contributed by atoms with Gasteiger partial charge in [-0.1, -0.05) is 32.0 Å². The zero-order valence-corrected chi connectivity index (χ0v) is 12.6. The second-order valence-corrected chi connectivity index (χ2v) is 6.68. The molecular weight excluding hydrogens is 291 g/mol. The summed E-state index contributed by atoms with van der Waals surface area (Å²) < 4.78 is 40.5. The lowest BCUT2D eigenvalue weighted by atomic mass is 10.0. The highest BCUT2D eigenvalue weighted by molar-refractivity contribution is 7.92. The van der Waals surface area contributed by atoms with Gasteiger partial charge in [0.05, 0.1) is 11.4 Å². The first-order chi connectivity index (χ1) is 9.81. The van der Waals surface area contributed by atoms with Crippen LogP contribution in [0.15, 0.2) is 47.4 Å². The Labute approximate surface area is 123 Å². The average Bonchev–Trinajstić information content (AvgIpc) is 2.41. The average molecular weight is 308 g/mol. The van der Waals surface area contributed by atoms with Gasteiger partial charge in [0.2, 0.25) is 0 Å². The number of nitrogens with one attached hydrogen (secondary N) is 1. The minimum Gasteiger partial charge on any atom is -0.398 e. The van der Waals surface area contributed by atoms with Crippen LogP contribution in [0, 0.1) is 5.82 Å². The second-order valence-electron chi connectivity index (χ2n) is 5.03. The summed E-state index contributed by atoms with van der Waals surface area (Å²) in [7, 11) is -3.94. The van der Waals surface area contributed by atoms with Crippen molar-refractivity contribution in [3.63, 3.8) is 0 Å². The van der Waals surface area contributed by atoms with E-state index in [-0.39, 0.29) is 16.5 Å². The van der Waals surface area contributed by atoms with Gasteiger partial charge in [0.1, 0.15) is 10.7 Å². The van der Waals surface area contributed by atoms with Crippen LogP contribution in [0.2, 0.25) is 0 Å². The SMILES string of the molecule is CC(C)c1ccccc1NS(=O)(=O)c1cc(F)ccc1N. The monoisotopic (exact) mass is 308 g/mol. The van der Waals surface area contributed by atoms with Crippen molar-refractivity contribution >= 4 is 21.4 Å². The fraction of sp³-hybridized carbons (Fsp3) is 0.200. The number of hydrogen-bond donors (Lipinski definition) is 2. The zero-order chi connectivity index (χ0) is 15.6. The summed E-state index contributed by atoms with van der Waals surface area (Å²) in [6.45, 7) is 3.92. The van der Waals surface area contributed by atoms with Crippen molar-refractivity contribution in [1.29, 1.82) is 0 Å². The summed E-state index contributed by atoms with van der Waals surface area (Å²) in [5, 5.41) is 0. The molecule has 6 heteroatoms. The van der Waals surface area contributed by atoms with Crippen molar-refractivity contribution in [2.75, 3.05) is 10.5 Å². The van der Waals surface area contributed by atoms with Crippen LogP contribution in [0.25, 0.3) is 0 Å². The van der Waals surface area contributed by atoms with Crippen molar-refractivity contribution in [1.82, 2.24) is 0 Å². The number of para-hydroxylation sites is 1. The van der Waals surface area contributed by atoms with Crippen molar-refractivity contribution in [3.8, 4) is 0 Å². The van der Waals surface area contributed by atoms with Gasteiger partial charge in [-0.25, -0.2) is 12.8 Å². The Balaban J connectivity index is 2.45. The quantitative estimate of drug-likeness (QED) is 0.851. The van der Waals surface area contributed by atoms with E-state index >= 15 is 0 Å². The van der Waals surface area contributed by atoms with Gasteiger partial charge in [0, 0.05) is 0 Å². The van der Waals surface area contributed by atoms with E-state index in [1.807, 2.05) is 26.0 Å². The fourth-order valence-corrected chi connectivity index (χ4v) is 3.27. The molecule has 2 aromatic carbocycles. The third-order valence-corrected chi connectivity index (χ3v) is 4.51. The van der Waals surface area contributed by atoms with Crippen LogP contribution >= 0.6 is 0 Å². The maximum absolute atomic E-state index is 13.3. The summed E-state index contributed by atoms with van der Waals surface area (Å²) in [5.74, 6) is -0.504. The lowest BCUT2D eigenvalue weighted by Gasteiger charge is -2.15. The summed E-state index contributed by atoms with van der Waals surface area (Å²) in [6.07, 6.45) is 0. The van der Waals surface area contributed by atoms with Crippen molar-refractivity contribution < 1.29 is 12.8 Å². The van der Waals surface area contributed by atoms with Crippen LogP contribution in [0.5, 0.6) is 0 Å². The number of sulfonamides is 1. The number of halogens is 1. The van der Waals surface area contributed by atoms with E-state index in [0.29, 0.717) is 5.69 Å². The molecule has 4 nitrogen and oxygen atoms in total. The first kappa shape index (κ1) is 15.3. The summed E-state index contributed by atoms with van der Waals surface area (Å²) in [4.78, 5) is -0.263. The predicted octanol–water partition coefficient (Wildman–Crippen LogP) is 3.33. The van der Waals surface area contributed by atoms with Crippen LogP contribution in [0.1, 0.15) is 25.3 Å². The van der Waals surface area contributed by atoms with Crippen molar-refractivity contribution in [2.24, 2.45) is 0 Å². The van der Waals surface area contributed by atoms with Crippen LogP contribution in [0.4, 0.5) is 15.8 Å². The lowest BCUT2D eigenvalue weighted by Crippen LogP contribution is -2.16. The maximum Gasteiger partial charge on any atom is 0.264 e. The van der Waals surface area contributed by atoms with Gasteiger partial charge >= 0.3 is 0 Å². The van der Waals surface area contributed by atoms with E-state index in [9.17, 15) is 12.8 Å². The molecule has 0 aliphatic carbocycles. The molecule has 2 rings (SSSR count). The molecule has 112 valence electrons. The largest absolute Gasteiger partial charge is 0.398 e. The Morgan fingerprint density at radius 2 is 1.81 bits per heavy atom. The topological polar surface area (TPSA) is 72.2 Å². The molecule has 0 aliphatic heterocycles. The Kier molecular flexibility index (Phi) is 4.18. The number of nitrogen functional groups attached to an aromatic ring is 1. The Morgan fingerprint density at radius 1 is 1.14 bits per heavy atom. The highest BCUT2D eigenvalue weighted by Gasteiger charge is 2.20. The van der Waals surface area contributed by atoms with Crippen molar-refractivity contribution in [2.45, 2.75) is 24.7 Å². The van der Waals surface area contributed by atoms with Gasteiger partial charge in [-0.3, -0.25) is 4.72 Å². The highest BCUT2D eigenvalue weighted by atomic mass is 32.2. The summed E-state index contributed by atoms with van der Waals surface area (Å²) in [6, 6.07) is 10.4. The van der Waals surface area contributed by atoms with Gasteiger partial charge in [-0.2, -0.15) is 0 Å². The van der Waals surface area contributed by atoms with Gasteiger partial charge in [0.25, 0.3) is 10.0 Å². The van der Waals surface area contributed by atoms with E-state index in [1.54, 1.807) is 12.1 Å². The molecule has 0 heterocycles. The van der Waals surface area contributed by atoms with Crippen LogP contribution in [-0.4, -0.2) is 8.42 Å². The molecule has 0 fully saturated rings. The van der Waals surface area contributed by atoms with E-state index < -0.39 is 15.8 Å². The molecule has 0 spiro atoms. The van der Waals surface area contributed by atoms with E-state index in [1.165, 1.54) is 6.07 Å². The van der Waals surface area contributed by atoms with Crippen LogP contribution in [0.3, 0.4) is 0 Å². The molecular formula is C15H17FN2O2S. The third kappa shape index (κ3) is 3.33. The zero-order valence-electron chi connectivity index (χ0n) is 11.8. The number of benzene rings is 2. The minimum absolute atomic E-state index is 0.00549. The molecule has 0 saturated carbocycles. The van der Waals surface area contributed by atoms with Gasteiger partial charge in [0.15, 0.2) is 0 Å². The fourth-order valence-electron chi connectivity index (χ4n) is 2.03. The molecule has 0 atom stereocenters. The van der Waals surface area contributed by atoms with E-state index in [4.69, 9.17) is 5.73 Å². The second kappa shape index (κ2) is 5.73. The molecule has 0 bridgehead atoms.